The standard InChI is InChI=1S/C21H24N2O6/c1-13-5-14(2)7-15(6-13)21(26)22-11-20(25)29-12-19(24)23-16-8-17(27-3)10-18(9-16)28-4/h5-10H,11-12H2,1-4H3,(H,22,26)(H,23,24). The second-order valence-electron chi connectivity index (χ2n) is 6.37. The lowest BCUT2D eigenvalue weighted by Gasteiger charge is -2.10. The summed E-state index contributed by atoms with van der Waals surface area (Å²) in [5.74, 6) is -0.631. The summed E-state index contributed by atoms with van der Waals surface area (Å²) in [5.41, 5.74) is 2.79. The Bertz CT molecular complexity index is 868. The third kappa shape index (κ3) is 6.84. The van der Waals surface area contributed by atoms with E-state index in [-0.39, 0.29) is 12.5 Å². The van der Waals surface area contributed by atoms with E-state index in [0.717, 1.165) is 11.1 Å². The first-order chi connectivity index (χ1) is 13.8. The average molecular weight is 400 g/mol. The van der Waals surface area contributed by atoms with Gasteiger partial charge in [0.15, 0.2) is 6.61 Å². The molecule has 2 aromatic rings. The first-order valence-corrected chi connectivity index (χ1v) is 8.85. The smallest absolute Gasteiger partial charge is 0.325 e. The number of methoxy groups -OCH3 is 2. The fourth-order valence-corrected chi connectivity index (χ4v) is 2.63. The zero-order valence-electron chi connectivity index (χ0n) is 16.8. The molecule has 8 nitrogen and oxygen atoms in total. The van der Waals surface area contributed by atoms with Crippen molar-refractivity contribution in [3.05, 3.63) is 53.1 Å². The van der Waals surface area contributed by atoms with E-state index in [1.165, 1.54) is 14.2 Å². The van der Waals surface area contributed by atoms with Gasteiger partial charge >= 0.3 is 5.97 Å². The maximum atomic E-state index is 12.1. The maximum Gasteiger partial charge on any atom is 0.325 e. The Morgan fingerprint density at radius 2 is 1.45 bits per heavy atom. The second-order valence-corrected chi connectivity index (χ2v) is 6.37. The maximum absolute atomic E-state index is 12.1. The summed E-state index contributed by atoms with van der Waals surface area (Å²) in [7, 11) is 2.99. The molecule has 0 fully saturated rings. The van der Waals surface area contributed by atoms with Gasteiger partial charge in [-0.3, -0.25) is 14.4 Å². The van der Waals surface area contributed by atoms with Crippen molar-refractivity contribution in [3.8, 4) is 11.5 Å². The van der Waals surface area contributed by atoms with Crippen molar-refractivity contribution in [2.45, 2.75) is 13.8 Å². The molecule has 8 heteroatoms. The van der Waals surface area contributed by atoms with Crippen molar-refractivity contribution < 1.29 is 28.6 Å². The van der Waals surface area contributed by atoms with E-state index < -0.39 is 18.5 Å². The molecule has 154 valence electrons. The third-order valence-electron chi connectivity index (χ3n) is 3.88. The lowest BCUT2D eigenvalue weighted by Crippen LogP contribution is -2.32. The van der Waals surface area contributed by atoms with Crippen LogP contribution in [0.2, 0.25) is 0 Å². The van der Waals surface area contributed by atoms with Gasteiger partial charge in [-0.05, 0) is 26.0 Å². The first-order valence-electron chi connectivity index (χ1n) is 8.85. The largest absolute Gasteiger partial charge is 0.497 e. The molecule has 0 aliphatic heterocycles. The molecule has 0 aromatic heterocycles. The van der Waals surface area contributed by atoms with E-state index in [1.54, 1.807) is 30.3 Å². The van der Waals surface area contributed by atoms with Gasteiger partial charge in [0.05, 0.1) is 14.2 Å². The number of rotatable bonds is 8. The number of hydrogen-bond donors (Lipinski definition) is 2. The minimum Gasteiger partial charge on any atom is -0.497 e. The van der Waals surface area contributed by atoms with Crippen LogP contribution in [-0.4, -0.2) is 45.2 Å². The van der Waals surface area contributed by atoms with Gasteiger partial charge in [-0.2, -0.15) is 0 Å². The molecule has 2 N–H and O–H groups in total. The quantitative estimate of drug-likeness (QED) is 0.659. The molecule has 29 heavy (non-hydrogen) atoms. The normalized spacial score (nSPS) is 10.1. The van der Waals surface area contributed by atoms with E-state index in [4.69, 9.17) is 14.2 Å². The number of ether oxygens (including phenoxy) is 3. The van der Waals surface area contributed by atoms with Gasteiger partial charge in [0, 0.05) is 29.4 Å². The Labute approximate surface area is 169 Å². The van der Waals surface area contributed by atoms with Crippen LogP contribution in [-0.2, 0) is 14.3 Å². The molecular formula is C21H24N2O6. The van der Waals surface area contributed by atoms with E-state index >= 15 is 0 Å². The zero-order valence-corrected chi connectivity index (χ0v) is 16.8. The Hall–Kier alpha value is -3.55. The summed E-state index contributed by atoms with van der Waals surface area (Å²) >= 11 is 0. The monoisotopic (exact) mass is 400 g/mol. The summed E-state index contributed by atoms with van der Waals surface area (Å²) in [6.07, 6.45) is 0. The first kappa shape index (κ1) is 21.7. The van der Waals surface area contributed by atoms with Crippen LogP contribution in [0.15, 0.2) is 36.4 Å². The number of carbonyl (C=O) groups excluding carboxylic acids is 3. The molecule has 0 heterocycles. The van der Waals surface area contributed by atoms with Crippen molar-refractivity contribution in [2.75, 3.05) is 32.7 Å². The van der Waals surface area contributed by atoms with E-state index in [1.807, 2.05) is 19.9 Å². The molecule has 0 spiro atoms. The van der Waals surface area contributed by atoms with Crippen LogP contribution in [0.25, 0.3) is 0 Å². The molecule has 0 bridgehead atoms. The molecule has 2 amide bonds. The number of esters is 1. The molecule has 0 aliphatic carbocycles. The number of carbonyl (C=O) groups is 3. The molecule has 0 atom stereocenters. The van der Waals surface area contributed by atoms with Crippen LogP contribution in [0.4, 0.5) is 5.69 Å². The average Bonchev–Trinajstić information content (AvgIpc) is 2.69. The summed E-state index contributed by atoms with van der Waals surface area (Å²) in [4.78, 5) is 35.9. The molecule has 2 rings (SSSR count). The number of aryl methyl sites for hydroxylation is 2. The second kappa shape index (κ2) is 10.1. The van der Waals surface area contributed by atoms with Gasteiger partial charge < -0.3 is 24.8 Å². The van der Waals surface area contributed by atoms with Gasteiger partial charge in [0.25, 0.3) is 11.8 Å². The molecule has 0 unspecified atom stereocenters. The highest BCUT2D eigenvalue weighted by Crippen LogP contribution is 2.25. The Kier molecular flexibility index (Phi) is 7.59. The van der Waals surface area contributed by atoms with E-state index in [2.05, 4.69) is 10.6 Å². The van der Waals surface area contributed by atoms with Gasteiger partial charge in [-0.1, -0.05) is 17.2 Å². The fourth-order valence-electron chi connectivity index (χ4n) is 2.63. The lowest BCUT2D eigenvalue weighted by molar-refractivity contribution is -0.146. The third-order valence-corrected chi connectivity index (χ3v) is 3.88. The number of amides is 2. The van der Waals surface area contributed by atoms with Crippen LogP contribution < -0.4 is 20.1 Å². The summed E-state index contributed by atoms with van der Waals surface area (Å²) in [6.45, 7) is 2.94. The number of anilines is 1. The highest BCUT2D eigenvalue weighted by atomic mass is 16.5. The van der Waals surface area contributed by atoms with Crippen molar-refractivity contribution >= 4 is 23.5 Å². The Morgan fingerprint density at radius 3 is 2.00 bits per heavy atom. The van der Waals surface area contributed by atoms with Gasteiger partial charge in [0.2, 0.25) is 0 Å². The number of nitrogens with one attached hydrogen (secondary N) is 2. The minimum atomic E-state index is -0.721. The SMILES string of the molecule is COc1cc(NC(=O)COC(=O)CNC(=O)c2cc(C)cc(C)c2)cc(OC)c1. The minimum absolute atomic E-state index is 0.341. The summed E-state index contributed by atoms with van der Waals surface area (Å²) < 4.78 is 15.1. The van der Waals surface area contributed by atoms with Crippen molar-refractivity contribution in [1.82, 2.24) is 5.32 Å². The van der Waals surface area contributed by atoms with Gasteiger partial charge in [0.1, 0.15) is 18.0 Å². The van der Waals surface area contributed by atoms with Crippen LogP contribution >= 0.6 is 0 Å². The van der Waals surface area contributed by atoms with E-state index in [0.29, 0.717) is 22.7 Å². The van der Waals surface area contributed by atoms with Crippen molar-refractivity contribution in [1.29, 1.82) is 0 Å². The number of benzene rings is 2. The molecule has 0 aliphatic rings. The lowest BCUT2D eigenvalue weighted by atomic mass is 10.1. The summed E-state index contributed by atoms with van der Waals surface area (Å²) in [5, 5.41) is 5.06. The summed E-state index contributed by atoms with van der Waals surface area (Å²) in [6, 6.07) is 10.3. The highest BCUT2D eigenvalue weighted by molar-refractivity contribution is 5.97. The van der Waals surface area contributed by atoms with Crippen LogP contribution in [0.3, 0.4) is 0 Å². The predicted molar refractivity (Wildman–Crippen MR) is 107 cm³/mol. The fraction of sp³-hybridized carbons (Fsp3) is 0.286. The van der Waals surface area contributed by atoms with Crippen molar-refractivity contribution in [3.63, 3.8) is 0 Å². The molecule has 0 saturated carbocycles. The van der Waals surface area contributed by atoms with Crippen LogP contribution in [0.5, 0.6) is 11.5 Å². The topological polar surface area (TPSA) is 103 Å². The predicted octanol–water partition coefficient (Wildman–Crippen LogP) is 2.23. The van der Waals surface area contributed by atoms with Gasteiger partial charge in [-0.15, -0.1) is 0 Å². The molecule has 0 radical (unpaired) electrons. The Balaban J connectivity index is 1.81. The van der Waals surface area contributed by atoms with Gasteiger partial charge in [-0.25, -0.2) is 0 Å². The van der Waals surface area contributed by atoms with Crippen LogP contribution in [0.1, 0.15) is 21.5 Å². The Morgan fingerprint density at radius 1 is 0.862 bits per heavy atom. The molecule has 0 saturated heterocycles. The highest BCUT2D eigenvalue weighted by Gasteiger charge is 2.12. The van der Waals surface area contributed by atoms with Crippen molar-refractivity contribution in [2.24, 2.45) is 0 Å². The number of hydrogen-bond acceptors (Lipinski definition) is 6. The molecular weight excluding hydrogens is 376 g/mol. The molecule has 2 aromatic carbocycles. The zero-order chi connectivity index (χ0) is 21.4. The van der Waals surface area contributed by atoms with E-state index in [9.17, 15) is 14.4 Å². The van der Waals surface area contributed by atoms with Crippen LogP contribution in [0, 0.1) is 13.8 Å².